The molecule has 0 aliphatic heterocycles. The Kier molecular flexibility index (Phi) is 6.31. The van der Waals surface area contributed by atoms with Crippen LogP contribution in [0.4, 0.5) is 0 Å². The van der Waals surface area contributed by atoms with Gasteiger partial charge in [0.05, 0.1) is 12.1 Å². The zero-order chi connectivity index (χ0) is 24.5. The van der Waals surface area contributed by atoms with Crippen LogP contribution in [0.2, 0.25) is 0 Å². The summed E-state index contributed by atoms with van der Waals surface area (Å²) in [6.45, 7) is 3.89. The molecule has 178 valence electrons. The molecule has 35 heavy (non-hydrogen) atoms. The van der Waals surface area contributed by atoms with Gasteiger partial charge in [0, 0.05) is 0 Å². The molecule has 5 rings (SSSR count). The van der Waals surface area contributed by atoms with Crippen LogP contribution in [-0.2, 0) is 17.6 Å². The quantitative estimate of drug-likeness (QED) is 0.345. The monoisotopic (exact) mass is 464 g/mol. The van der Waals surface area contributed by atoms with Crippen LogP contribution < -0.4 is 11.1 Å². The van der Waals surface area contributed by atoms with Crippen LogP contribution in [0.3, 0.4) is 0 Å². The molecule has 0 bridgehead atoms. The molecule has 1 aliphatic carbocycles. The largest absolute Gasteiger partial charge is 0.508 e. The summed E-state index contributed by atoms with van der Waals surface area (Å²) in [6, 6.07) is 24.3. The van der Waals surface area contributed by atoms with Gasteiger partial charge in [-0.3, -0.25) is 4.79 Å². The van der Waals surface area contributed by atoms with Crippen molar-refractivity contribution in [1.29, 1.82) is 0 Å². The Bertz CT molecular complexity index is 1380. The number of fused-ring (bicyclic) bond motifs is 2. The Morgan fingerprint density at radius 3 is 2.57 bits per heavy atom. The maximum Gasteiger partial charge on any atom is 0.237 e. The Hall–Kier alpha value is -3.63. The zero-order valence-electron chi connectivity index (χ0n) is 20.3. The van der Waals surface area contributed by atoms with Crippen molar-refractivity contribution in [2.45, 2.75) is 51.6 Å². The van der Waals surface area contributed by atoms with Crippen LogP contribution in [0.1, 0.15) is 46.7 Å². The molecular weight excluding hydrogens is 432 g/mol. The molecule has 1 aliphatic rings. The Labute approximate surface area is 206 Å². The van der Waals surface area contributed by atoms with E-state index in [1.54, 1.807) is 12.1 Å². The standard InChI is InChI=1S/C31H32N2O2/c1-19-15-24(34)16-20(2)27(19)18-29(32)31(35)33-30-12-6-9-22-13-14-23(17-28(22)30)26-11-5-8-21-7-3-4-10-25(21)26/h3-5,7-8,10-11,13-17,29-30,34H,6,9,12,18,32H2,1-2H3,(H,33,35)/t29-,30+/m0/s1. The lowest BCUT2D eigenvalue weighted by Gasteiger charge is -2.28. The van der Waals surface area contributed by atoms with Gasteiger partial charge in [0.2, 0.25) is 5.91 Å². The first kappa shape index (κ1) is 23.1. The van der Waals surface area contributed by atoms with Crippen molar-refractivity contribution in [3.05, 3.63) is 101 Å². The van der Waals surface area contributed by atoms with Gasteiger partial charge in [-0.25, -0.2) is 0 Å². The number of aromatic hydroxyl groups is 1. The van der Waals surface area contributed by atoms with E-state index in [2.05, 4.69) is 66.0 Å². The fourth-order valence-corrected chi connectivity index (χ4v) is 5.48. The van der Waals surface area contributed by atoms with E-state index in [4.69, 9.17) is 5.73 Å². The third-order valence-electron chi connectivity index (χ3n) is 7.32. The minimum absolute atomic E-state index is 0.0470. The lowest BCUT2D eigenvalue weighted by atomic mass is 9.84. The summed E-state index contributed by atoms with van der Waals surface area (Å²) in [4.78, 5) is 13.2. The number of nitrogens with one attached hydrogen (secondary N) is 1. The molecule has 0 heterocycles. The van der Waals surface area contributed by atoms with Crippen molar-refractivity contribution >= 4 is 16.7 Å². The molecule has 2 atom stereocenters. The van der Waals surface area contributed by atoms with Crippen molar-refractivity contribution < 1.29 is 9.90 Å². The summed E-state index contributed by atoms with van der Waals surface area (Å²) in [5, 5.41) is 15.5. The van der Waals surface area contributed by atoms with Crippen molar-refractivity contribution in [1.82, 2.24) is 5.32 Å². The number of carbonyl (C=O) groups is 1. The number of carbonyl (C=O) groups excluding carboxylic acids is 1. The summed E-state index contributed by atoms with van der Waals surface area (Å²) >= 11 is 0. The van der Waals surface area contributed by atoms with E-state index < -0.39 is 6.04 Å². The van der Waals surface area contributed by atoms with Crippen molar-refractivity contribution in [3.63, 3.8) is 0 Å². The van der Waals surface area contributed by atoms with Gasteiger partial charge in [-0.1, -0.05) is 54.6 Å². The second kappa shape index (κ2) is 9.55. The molecule has 0 radical (unpaired) electrons. The highest BCUT2D eigenvalue weighted by Gasteiger charge is 2.25. The summed E-state index contributed by atoms with van der Waals surface area (Å²) in [5.41, 5.74) is 14.2. The molecular formula is C31H32N2O2. The number of phenols is 1. The molecule has 4 N–H and O–H groups in total. The van der Waals surface area contributed by atoms with Crippen molar-refractivity contribution in [3.8, 4) is 16.9 Å². The van der Waals surface area contributed by atoms with Gasteiger partial charge in [0.1, 0.15) is 5.75 Å². The first-order valence-corrected chi connectivity index (χ1v) is 12.4. The Morgan fingerprint density at radius 2 is 1.77 bits per heavy atom. The second-order valence-electron chi connectivity index (χ2n) is 9.76. The zero-order valence-corrected chi connectivity index (χ0v) is 20.3. The summed E-state index contributed by atoms with van der Waals surface area (Å²) in [5.74, 6) is 0.105. The number of hydrogen-bond acceptors (Lipinski definition) is 3. The molecule has 4 aromatic carbocycles. The minimum atomic E-state index is -0.649. The highest BCUT2D eigenvalue weighted by Crippen LogP contribution is 2.35. The highest BCUT2D eigenvalue weighted by molar-refractivity contribution is 5.96. The normalized spacial score (nSPS) is 16.0. The topological polar surface area (TPSA) is 75.3 Å². The van der Waals surface area contributed by atoms with Crippen LogP contribution in [0, 0.1) is 13.8 Å². The molecule has 4 heteroatoms. The molecule has 0 aromatic heterocycles. The number of aryl methyl sites for hydroxylation is 3. The first-order chi connectivity index (χ1) is 16.9. The van der Waals surface area contributed by atoms with E-state index in [-0.39, 0.29) is 17.7 Å². The predicted octanol–water partition coefficient (Wildman–Crippen LogP) is 5.89. The number of benzene rings is 4. The molecule has 0 fully saturated rings. The molecule has 0 saturated heterocycles. The highest BCUT2D eigenvalue weighted by atomic mass is 16.3. The van der Waals surface area contributed by atoms with Crippen LogP contribution in [0.15, 0.2) is 72.8 Å². The van der Waals surface area contributed by atoms with Gasteiger partial charge in [-0.05, 0) is 107 Å². The van der Waals surface area contributed by atoms with Gasteiger partial charge in [-0.15, -0.1) is 0 Å². The second-order valence-corrected chi connectivity index (χ2v) is 9.76. The number of hydrogen-bond donors (Lipinski definition) is 3. The summed E-state index contributed by atoms with van der Waals surface area (Å²) in [6.07, 6.45) is 3.41. The summed E-state index contributed by atoms with van der Waals surface area (Å²) in [7, 11) is 0. The summed E-state index contributed by atoms with van der Waals surface area (Å²) < 4.78 is 0. The average Bonchev–Trinajstić information content (AvgIpc) is 2.85. The van der Waals surface area contributed by atoms with Gasteiger partial charge in [0.15, 0.2) is 0 Å². The third kappa shape index (κ3) is 4.67. The van der Waals surface area contributed by atoms with E-state index in [0.29, 0.717) is 6.42 Å². The van der Waals surface area contributed by atoms with E-state index in [1.807, 2.05) is 13.8 Å². The predicted molar refractivity (Wildman–Crippen MR) is 142 cm³/mol. The first-order valence-electron chi connectivity index (χ1n) is 12.4. The maximum absolute atomic E-state index is 13.2. The van der Waals surface area contributed by atoms with Crippen LogP contribution >= 0.6 is 0 Å². The molecule has 4 aromatic rings. The fraction of sp³-hybridized carbons (Fsp3) is 0.258. The molecule has 4 nitrogen and oxygen atoms in total. The van der Waals surface area contributed by atoms with Crippen LogP contribution in [0.5, 0.6) is 5.75 Å². The number of nitrogens with two attached hydrogens (primary N) is 1. The molecule has 0 saturated carbocycles. The lowest BCUT2D eigenvalue weighted by molar-refractivity contribution is -0.123. The smallest absolute Gasteiger partial charge is 0.237 e. The number of rotatable bonds is 5. The van der Waals surface area contributed by atoms with E-state index in [0.717, 1.165) is 36.0 Å². The van der Waals surface area contributed by atoms with Gasteiger partial charge in [0.25, 0.3) is 0 Å². The SMILES string of the molecule is Cc1cc(O)cc(C)c1C[C@H](N)C(=O)N[C@@H]1CCCc2ccc(-c3cccc4ccccc34)cc21. The van der Waals surface area contributed by atoms with Crippen molar-refractivity contribution in [2.75, 3.05) is 0 Å². The van der Waals surface area contributed by atoms with E-state index in [1.165, 1.54) is 33.0 Å². The third-order valence-corrected chi connectivity index (χ3v) is 7.32. The molecule has 0 spiro atoms. The number of amides is 1. The lowest BCUT2D eigenvalue weighted by Crippen LogP contribution is -2.44. The fourth-order valence-electron chi connectivity index (χ4n) is 5.48. The van der Waals surface area contributed by atoms with Gasteiger partial charge in [-0.2, -0.15) is 0 Å². The van der Waals surface area contributed by atoms with Crippen LogP contribution in [0.25, 0.3) is 21.9 Å². The van der Waals surface area contributed by atoms with E-state index >= 15 is 0 Å². The Morgan fingerprint density at radius 1 is 1.03 bits per heavy atom. The molecule has 0 unspecified atom stereocenters. The minimum Gasteiger partial charge on any atom is -0.508 e. The van der Waals surface area contributed by atoms with Crippen molar-refractivity contribution in [2.24, 2.45) is 5.73 Å². The van der Waals surface area contributed by atoms with Gasteiger partial charge >= 0.3 is 0 Å². The molecule has 1 amide bonds. The van der Waals surface area contributed by atoms with Crippen LogP contribution in [-0.4, -0.2) is 17.1 Å². The van der Waals surface area contributed by atoms with E-state index in [9.17, 15) is 9.90 Å². The Balaban J connectivity index is 1.40. The maximum atomic E-state index is 13.2. The average molecular weight is 465 g/mol. The van der Waals surface area contributed by atoms with Gasteiger partial charge < -0.3 is 16.2 Å². The number of phenolic OH excluding ortho intramolecular Hbond substituents is 1.